The van der Waals surface area contributed by atoms with Crippen molar-refractivity contribution in [1.29, 1.82) is 0 Å². The van der Waals surface area contributed by atoms with Crippen LogP contribution in [-0.2, 0) is 17.6 Å². The summed E-state index contributed by atoms with van der Waals surface area (Å²) in [5.41, 5.74) is 3.06. The fourth-order valence-electron chi connectivity index (χ4n) is 6.06. The quantitative estimate of drug-likeness (QED) is 0.338. The molecule has 2 aliphatic heterocycles. The summed E-state index contributed by atoms with van der Waals surface area (Å²) >= 11 is 2.94. The zero-order valence-electron chi connectivity index (χ0n) is 21.2. The first-order chi connectivity index (χ1) is 18.6. The number of carbonyl (C=O) groups is 1. The van der Waals surface area contributed by atoms with Gasteiger partial charge >= 0.3 is 4.87 Å². The molecule has 0 bridgehead atoms. The van der Waals surface area contributed by atoms with E-state index in [1.54, 1.807) is 17.7 Å². The van der Waals surface area contributed by atoms with Crippen molar-refractivity contribution in [3.8, 4) is 0 Å². The number of fused-ring (bicyclic) bond motifs is 4. The smallest absolute Gasteiger partial charge is 0.305 e. The normalized spacial score (nSPS) is 20.5. The van der Waals surface area contributed by atoms with Crippen LogP contribution in [0.1, 0.15) is 36.1 Å². The Balaban J connectivity index is 0.997. The Bertz CT molecular complexity index is 1550. The molecule has 7 rings (SSSR count). The molecule has 1 aliphatic carbocycles. The Hall–Kier alpha value is -2.86. The van der Waals surface area contributed by atoms with E-state index in [0.717, 1.165) is 64.3 Å². The van der Waals surface area contributed by atoms with Gasteiger partial charge in [-0.3, -0.25) is 14.5 Å². The Morgan fingerprint density at radius 3 is 2.87 bits per heavy atom. The predicted molar refractivity (Wildman–Crippen MR) is 153 cm³/mol. The molecular formula is C27H31N7O2S2. The zero-order valence-corrected chi connectivity index (χ0v) is 22.8. The van der Waals surface area contributed by atoms with E-state index < -0.39 is 0 Å². The second kappa shape index (κ2) is 10.0. The van der Waals surface area contributed by atoms with Gasteiger partial charge in [-0.1, -0.05) is 17.8 Å². The van der Waals surface area contributed by atoms with Gasteiger partial charge in [-0.15, -0.1) is 11.3 Å². The number of thiazole rings is 1. The number of rotatable bonds is 6. The van der Waals surface area contributed by atoms with E-state index in [2.05, 4.69) is 30.5 Å². The van der Waals surface area contributed by atoms with Gasteiger partial charge in [-0.2, -0.15) is 0 Å². The van der Waals surface area contributed by atoms with E-state index in [0.29, 0.717) is 18.6 Å². The molecule has 2 saturated heterocycles. The first-order valence-electron chi connectivity index (χ1n) is 13.5. The van der Waals surface area contributed by atoms with Crippen LogP contribution in [0.5, 0.6) is 0 Å². The summed E-state index contributed by atoms with van der Waals surface area (Å²) in [4.78, 5) is 43.3. The van der Waals surface area contributed by atoms with Gasteiger partial charge in [0.05, 0.1) is 22.1 Å². The number of benzene rings is 1. The molecule has 38 heavy (non-hydrogen) atoms. The maximum absolute atomic E-state index is 12.8. The highest BCUT2D eigenvalue weighted by atomic mass is 32.1. The van der Waals surface area contributed by atoms with E-state index in [9.17, 15) is 9.59 Å². The van der Waals surface area contributed by atoms with Crippen LogP contribution >= 0.6 is 22.7 Å². The number of aromatic amines is 1. The second-order valence-electron chi connectivity index (χ2n) is 10.6. The number of hydrogen-bond acceptors (Lipinski definition) is 9. The van der Waals surface area contributed by atoms with Crippen LogP contribution in [0.3, 0.4) is 0 Å². The van der Waals surface area contributed by atoms with E-state index in [4.69, 9.17) is 0 Å². The van der Waals surface area contributed by atoms with Crippen molar-refractivity contribution >= 4 is 60.5 Å². The molecule has 11 heteroatoms. The number of aryl methyl sites for hydroxylation is 1. The molecule has 2 fully saturated rings. The molecular weight excluding hydrogens is 518 g/mol. The molecule has 198 valence electrons. The molecule has 5 heterocycles. The van der Waals surface area contributed by atoms with Crippen LogP contribution in [0.25, 0.3) is 20.4 Å². The topological polar surface area (TPSA) is 106 Å². The number of carbonyl (C=O) groups excluding carboxylic acids is 1. The molecule has 3 aromatic heterocycles. The Morgan fingerprint density at radius 2 is 2.00 bits per heavy atom. The maximum atomic E-state index is 12.8. The third-order valence-electron chi connectivity index (χ3n) is 8.19. The maximum Gasteiger partial charge on any atom is 0.305 e. The van der Waals surface area contributed by atoms with Gasteiger partial charge in [0.2, 0.25) is 5.91 Å². The SMILES string of the molecule is O=C(CNC1CCc2c(sc3ncnc(Nc4ccc5[nH]c(=O)sc5c4)c23)C1)N1CC(N2CCCCC2)C1. The lowest BCUT2D eigenvalue weighted by molar-refractivity contribution is -0.138. The fraction of sp³-hybridized carbons (Fsp3) is 0.481. The van der Waals surface area contributed by atoms with Crippen LogP contribution in [0.15, 0.2) is 29.3 Å². The third kappa shape index (κ3) is 4.61. The lowest BCUT2D eigenvalue weighted by atomic mass is 9.92. The van der Waals surface area contributed by atoms with Crippen molar-refractivity contribution in [3.63, 3.8) is 0 Å². The summed E-state index contributed by atoms with van der Waals surface area (Å²) in [7, 11) is 0. The van der Waals surface area contributed by atoms with Crippen molar-refractivity contribution in [2.45, 2.75) is 50.6 Å². The number of thiophene rings is 1. The zero-order chi connectivity index (χ0) is 25.6. The van der Waals surface area contributed by atoms with Gasteiger partial charge < -0.3 is 20.5 Å². The lowest BCUT2D eigenvalue weighted by Gasteiger charge is -2.46. The van der Waals surface area contributed by atoms with Crippen LogP contribution in [0.2, 0.25) is 0 Å². The number of hydrogen-bond donors (Lipinski definition) is 3. The third-order valence-corrected chi connectivity index (χ3v) is 10.2. The monoisotopic (exact) mass is 549 g/mol. The van der Waals surface area contributed by atoms with Crippen LogP contribution in [0, 0.1) is 0 Å². The van der Waals surface area contributed by atoms with Crippen molar-refractivity contribution in [2.75, 3.05) is 38.0 Å². The van der Waals surface area contributed by atoms with Gasteiger partial charge in [0, 0.05) is 35.7 Å². The summed E-state index contributed by atoms with van der Waals surface area (Å²) in [6, 6.07) is 6.72. The molecule has 1 atom stereocenters. The molecule has 1 unspecified atom stereocenters. The molecule has 1 aromatic carbocycles. The van der Waals surface area contributed by atoms with Gasteiger partial charge in [0.1, 0.15) is 17.0 Å². The van der Waals surface area contributed by atoms with Crippen molar-refractivity contribution in [2.24, 2.45) is 0 Å². The average molecular weight is 550 g/mol. The highest BCUT2D eigenvalue weighted by Crippen LogP contribution is 2.39. The molecule has 0 spiro atoms. The minimum absolute atomic E-state index is 0.0511. The molecule has 3 N–H and O–H groups in total. The number of nitrogens with one attached hydrogen (secondary N) is 3. The average Bonchev–Trinajstić information content (AvgIpc) is 3.46. The first-order valence-corrected chi connectivity index (χ1v) is 15.1. The van der Waals surface area contributed by atoms with E-state index in [-0.39, 0.29) is 10.8 Å². The van der Waals surface area contributed by atoms with Gasteiger partial charge in [-0.05, 0) is 69.0 Å². The molecule has 0 radical (unpaired) electrons. The molecule has 1 amide bonds. The molecule has 3 aliphatic rings. The largest absolute Gasteiger partial charge is 0.340 e. The van der Waals surface area contributed by atoms with Gasteiger partial charge in [-0.25, -0.2) is 9.97 Å². The molecule has 4 aromatic rings. The van der Waals surface area contributed by atoms with Crippen LogP contribution < -0.4 is 15.5 Å². The summed E-state index contributed by atoms with van der Waals surface area (Å²) in [5.74, 6) is 1.03. The second-order valence-corrected chi connectivity index (χ2v) is 12.7. The van der Waals surface area contributed by atoms with Crippen molar-refractivity contribution in [3.05, 3.63) is 44.6 Å². The lowest BCUT2D eigenvalue weighted by Crippen LogP contribution is -2.63. The highest BCUT2D eigenvalue weighted by molar-refractivity contribution is 7.19. The minimum atomic E-state index is -0.0511. The highest BCUT2D eigenvalue weighted by Gasteiger charge is 2.35. The van der Waals surface area contributed by atoms with Crippen molar-refractivity contribution in [1.82, 2.24) is 30.1 Å². The van der Waals surface area contributed by atoms with Gasteiger partial charge in [0.15, 0.2) is 0 Å². The van der Waals surface area contributed by atoms with Crippen LogP contribution in [-0.4, -0.2) is 75.5 Å². The number of aromatic nitrogens is 3. The summed E-state index contributed by atoms with van der Waals surface area (Å²) in [6.07, 6.45) is 8.37. The van der Waals surface area contributed by atoms with Crippen molar-refractivity contribution < 1.29 is 4.79 Å². The Kier molecular flexibility index (Phi) is 6.39. The minimum Gasteiger partial charge on any atom is -0.340 e. The number of H-pyrrole nitrogens is 1. The fourth-order valence-corrected chi connectivity index (χ4v) is 8.10. The predicted octanol–water partition coefficient (Wildman–Crippen LogP) is 3.48. The first kappa shape index (κ1) is 24.2. The van der Waals surface area contributed by atoms with Gasteiger partial charge in [0.25, 0.3) is 0 Å². The van der Waals surface area contributed by atoms with E-state index in [1.807, 2.05) is 23.1 Å². The Morgan fingerprint density at radius 1 is 1.13 bits per heavy atom. The number of amides is 1. The number of anilines is 2. The summed E-state index contributed by atoms with van der Waals surface area (Å²) in [6.45, 7) is 4.57. The van der Waals surface area contributed by atoms with Crippen LogP contribution in [0.4, 0.5) is 11.5 Å². The number of likely N-dealkylation sites (tertiary alicyclic amines) is 2. The number of nitrogens with zero attached hydrogens (tertiary/aromatic N) is 4. The Labute approximate surface area is 228 Å². The molecule has 9 nitrogen and oxygen atoms in total. The molecule has 0 saturated carbocycles. The summed E-state index contributed by atoms with van der Waals surface area (Å²) < 4.78 is 0.918. The summed E-state index contributed by atoms with van der Waals surface area (Å²) in [5, 5.41) is 8.10. The van der Waals surface area contributed by atoms with E-state index >= 15 is 0 Å². The number of piperidine rings is 1. The standard InChI is InChI=1S/C27H31N7O2S2/c35-23(34-13-18(14-34)33-8-2-1-3-9-33)12-28-16-4-6-19-21(10-16)37-26-24(19)25(29-15-30-26)31-17-5-7-20-22(11-17)38-27(36)32-20/h5,7,11,15-16,18,28H,1-4,6,8-10,12-14H2,(H,32,36)(H,29,30,31). The van der Waals surface area contributed by atoms with E-state index in [1.165, 1.54) is 54.1 Å².